The van der Waals surface area contributed by atoms with Crippen LogP contribution in [0.25, 0.3) is 0 Å². The quantitative estimate of drug-likeness (QED) is 0.756. The van der Waals surface area contributed by atoms with Gasteiger partial charge in [-0.05, 0) is 52.1 Å². The van der Waals surface area contributed by atoms with Crippen molar-refractivity contribution in [1.82, 2.24) is 9.80 Å². The molecule has 1 heterocycles. The molecule has 1 aliphatic heterocycles. The Balaban J connectivity index is 1.82. The highest BCUT2D eigenvalue weighted by molar-refractivity contribution is 5.76. The van der Waals surface area contributed by atoms with Gasteiger partial charge in [-0.25, -0.2) is 0 Å². The number of piperidine rings is 1. The van der Waals surface area contributed by atoms with Gasteiger partial charge in [0.2, 0.25) is 5.91 Å². The average molecular weight is 310 g/mol. The van der Waals surface area contributed by atoms with Crippen molar-refractivity contribution in [1.29, 1.82) is 0 Å². The molecule has 0 spiro atoms. The Labute approximate surface area is 136 Å². The molecule has 0 atom stereocenters. The number of hydrogen-bond acceptors (Lipinski definition) is 3. The highest BCUT2D eigenvalue weighted by atomic mass is 16.5. The number of nitrogens with zero attached hydrogens (tertiary/aromatic N) is 2. The largest absolute Gasteiger partial charge is 0.385 e. The molecule has 2 aliphatic rings. The van der Waals surface area contributed by atoms with Gasteiger partial charge in [-0.2, -0.15) is 0 Å². The van der Waals surface area contributed by atoms with E-state index in [2.05, 4.69) is 23.9 Å². The number of hydrogen-bond donors (Lipinski definition) is 0. The van der Waals surface area contributed by atoms with Gasteiger partial charge in [-0.1, -0.05) is 19.3 Å². The number of amides is 1. The van der Waals surface area contributed by atoms with E-state index in [1.807, 2.05) is 0 Å². The summed E-state index contributed by atoms with van der Waals surface area (Å²) in [6.07, 6.45) is 10.5. The Kier molecular flexibility index (Phi) is 6.69. The van der Waals surface area contributed by atoms with Crippen molar-refractivity contribution in [2.75, 3.05) is 40.9 Å². The fraction of sp³-hybridized carbons (Fsp3) is 0.944. The van der Waals surface area contributed by atoms with Crippen LogP contribution >= 0.6 is 0 Å². The van der Waals surface area contributed by atoms with Crippen LogP contribution in [0.5, 0.6) is 0 Å². The number of carbonyl (C=O) groups is 1. The summed E-state index contributed by atoms with van der Waals surface area (Å²) in [6.45, 7) is 2.62. The molecule has 1 saturated carbocycles. The van der Waals surface area contributed by atoms with Crippen LogP contribution in [0, 0.1) is 5.92 Å². The summed E-state index contributed by atoms with van der Waals surface area (Å²) in [5.74, 6) is 1.04. The minimum absolute atomic E-state index is 0.206. The topological polar surface area (TPSA) is 32.8 Å². The van der Waals surface area contributed by atoms with E-state index in [1.165, 1.54) is 32.1 Å². The summed E-state index contributed by atoms with van der Waals surface area (Å²) in [7, 11) is 6.09. The van der Waals surface area contributed by atoms with Crippen LogP contribution in [-0.2, 0) is 9.53 Å². The van der Waals surface area contributed by atoms with Crippen LogP contribution < -0.4 is 0 Å². The van der Waals surface area contributed by atoms with Gasteiger partial charge in [0, 0.05) is 38.8 Å². The molecular weight excluding hydrogens is 276 g/mol. The van der Waals surface area contributed by atoms with Crippen molar-refractivity contribution in [2.45, 2.75) is 63.3 Å². The summed E-state index contributed by atoms with van der Waals surface area (Å²) >= 11 is 0. The molecule has 0 aromatic rings. The molecular formula is C18H34N2O2. The zero-order chi connectivity index (χ0) is 16.0. The fourth-order valence-electron chi connectivity index (χ4n) is 4.15. The van der Waals surface area contributed by atoms with Crippen LogP contribution in [0.15, 0.2) is 0 Å². The first-order valence-electron chi connectivity index (χ1n) is 9.01. The highest BCUT2D eigenvalue weighted by Gasteiger charge is 2.37. The van der Waals surface area contributed by atoms with E-state index in [9.17, 15) is 4.79 Å². The third-order valence-corrected chi connectivity index (χ3v) is 5.96. The maximum Gasteiger partial charge on any atom is 0.222 e. The first kappa shape index (κ1) is 17.7. The van der Waals surface area contributed by atoms with E-state index in [-0.39, 0.29) is 5.54 Å². The molecule has 1 amide bonds. The molecule has 0 unspecified atom stereocenters. The van der Waals surface area contributed by atoms with Gasteiger partial charge in [0.1, 0.15) is 0 Å². The molecule has 0 N–H and O–H groups in total. The van der Waals surface area contributed by atoms with E-state index in [4.69, 9.17) is 4.74 Å². The maximum absolute atomic E-state index is 12.5. The highest BCUT2D eigenvalue weighted by Crippen LogP contribution is 2.32. The van der Waals surface area contributed by atoms with Gasteiger partial charge in [0.25, 0.3) is 0 Å². The van der Waals surface area contributed by atoms with E-state index >= 15 is 0 Å². The number of rotatable bonds is 6. The molecule has 1 saturated heterocycles. The fourth-order valence-corrected chi connectivity index (χ4v) is 4.15. The Morgan fingerprint density at radius 2 is 1.82 bits per heavy atom. The number of likely N-dealkylation sites (tertiary alicyclic amines) is 1. The second-order valence-corrected chi connectivity index (χ2v) is 7.45. The molecule has 22 heavy (non-hydrogen) atoms. The van der Waals surface area contributed by atoms with Gasteiger partial charge in [-0.15, -0.1) is 0 Å². The lowest BCUT2D eigenvalue weighted by molar-refractivity contribution is -0.135. The lowest BCUT2D eigenvalue weighted by Crippen LogP contribution is -2.54. The minimum Gasteiger partial charge on any atom is -0.385 e. The molecule has 0 radical (unpaired) electrons. The van der Waals surface area contributed by atoms with Crippen LogP contribution in [0.1, 0.15) is 57.8 Å². The predicted molar refractivity (Wildman–Crippen MR) is 89.9 cm³/mol. The molecule has 4 nitrogen and oxygen atoms in total. The van der Waals surface area contributed by atoms with Crippen LogP contribution in [0.3, 0.4) is 0 Å². The van der Waals surface area contributed by atoms with Crippen molar-refractivity contribution in [2.24, 2.45) is 5.92 Å². The molecule has 4 heteroatoms. The van der Waals surface area contributed by atoms with Crippen LogP contribution in [0.2, 0.25) is 0 Å². The maximum atomic E-state index is 12.5. The molecule has 0 aromatic heterocycles. The molecule has 0 bridgehead atoms. The minimum atomic E-state index is 0.206. The van der Waals surface area contributed by atoms with Gasteiger partial charge >= 0.3 is 0 Å². The van der Waals surface area contributed by atoms with Gasteiger partial charge in [-0.3, -0.25) is 4.79 Å². The van der Waals surface area contributed by atoms with Gasteiger partial charge < -0.3 is 14.5 Å². The second kappa shape index (κ2) is 8.30. The Morgan fingerprint density at radius 1 is 1.18 bits per heavy atom. The van der Waals surface area contributed by atoms with E-state index in [1.54, 1.807) is 7.11 Å². The number of methoxy groups -OCH3 is 1. The normalized spacial score (nSPS) is 23.0. The van der Waals surface area contributed by atoms with Crippen molar-refractivity contribution in [3.05, 3.63) is 0 Å². The third-order valence-electron chi connectivity index (χ3n) is 5.96. The Morgan fingerprint density at radius 3 is 2.36 bits per heavy atom. The lowest BCUT2D eigenvalue weighted by atomic mass is 9.82. The predicted octanol–water partition coefficient (Wildman–Crippen LogP) is 2.92. The molecule has 1 aliphatic carbocycles. The zero-order valence-corrected chi connectivity index (χ0v) is 14.8. The van der Waals surface area contributed by atoms with E-state index < -0.39 is 0 Å². The van der Waals surface area contributed by atoms with Crippen LogP contribution in [-0.4, -0.2) is 62.1 Å². The second-order valence-electron chi connectivity index (χ2n) is 7.45. The summed E-state index contributed by atoms with van der Waals surface area (Å²) in [6, 6.07) is 0. The lowest BCUT2D eigenvalue weighted by Gasteiger charge is -2.46. The summed E-state index contributed by atoms with van der Waals surface area (Å²) in [5.41, 5.74) is 0.206. The molecule has 2 fully saturated rings. The van der Waals surface area contributed by atoms with Crippen molar-refractivity contribution < 1.29 is 9.53 Å². The number of carbonyl (C=O) groups excluding carboxylic acids is 1. The SMILES string of the molecule is COCCC1(N(C)C)CCN(C(=O)CC2CCCCC2)CC1. The average Bonchev–Trinajstić information content (AvgIpc) is 2.54. The van der Waals surface area contributed by atoms with E-state index in [0.717, 1.165) is 45.4 Å². The summed E-state index contributed by atoms with van der Waals surface area (Å²) in [5, 5.41) is 0. The first-order chi connectivity index (χ1) is 10.6. The molecule has 0 aromatic carbocycles. The summed E-state index contributed by atoms with van der Waals surface area (Å²) < 4.78 is 5.29. The van der Waals surface area contributed by atoms with Crippen molar-refractivity contribution >= 4 is 5.91 Å². The van der Waals surface area contributed by atoms with Crippen molar-refractivity contribution in [3.63, 3.8) is 0 Å². The van der Waals surface area contributed by atoms with Gasteiger partial charge in [0.15, 0.2) is 0 Å². The monoisotopic (exact) mass is 310 g/mol. The van der Waals surface area contributed by atoms with Crippen molar-refractivity contribution in [3.8, 4) is 0 Å². The smallest absolute Gasteiger partial charge is 0.222 e. The van der Waals surface area contributed by atoms with Gasteiger partial charge in [0.05, 0.1) is 0 Å². The Bertz CT molecular complexity index is 343. The third kappa shape index (κ3) is 4.45. The molecule has 128 valence electrons. The first-order valence-corrected chi connectivity index (χ1v) is 9.01. The van der Waals surface area contributed by atoms with Crippen LogP contribution in [0.4, 0.5) is 0 Å². The zero-order valence-electron chi connectivity index (χ0n) is 14.8. The molecule has 2 rings (SSSR count). The Hall–Kier alpha value is -0.610. The standard InChI is InChI=1S/C18H34N2O2/c1-19(2)18(11-14-22-3)9-12-20(13-10-18)17(21)15-16-7-5-4-6-8-16/h16H,4-15H2,1-3H3. The van der Waals surface area contributed by atoms with E-state index in [0.29, 0.717) is 11.8 Å². The number of ether oxygens (including phenoxy) is 1. The summed E-state index contributed by atoms with van der Waals surface area (Å²) in [4.78, 5) is 17.0.